The molecule has 7 nitrogen and oxygen atoms in total. The number of nitrogens with zero attached hydrogens (tertiary/aromatic N) is 3. The molecule has 0 bridgehead atoms. The standard InChI is InChI=1S/C25H24N4O3S/c1-16-23(33-15-28-16)19-8-6-17(7-9-19)13-27-24(31)22-12-20(30)14-29(22)25(32)21-5-3-2-4-18(21)10-11-26/h2-9,15,20,22,30H,10,12-14H2,1H3,(H,27,31). The lowest BCUT2D eigenvalue weighted by atomic mass is 10.0. The summed E-state index contributed by atoms with van der Waals surface area (Å²) in [7, 11) is 0. The number of aryl methyl sites for hydroxylation is 1. The van der Waals surface area contributed by atoms with E-state index in [9.17, 15) is 14.7 Å². The molecule has 0 aliphatic carbocycles. The van der Waals surface area contributed by atoms with Crippen molar-refractivity contribution in [1.29, 1.82) is 5.26 Å². The highest BCUT2D eigenvalue weighted by Gasteiger charge is 2.39. The van der Waals surface area contributed by atoms with Crippen LogP contribution >= 0.6 is 11.3 Å². The van der Waals surface area contributed by atoms with E-state index in [1.807, 2.05) is 36.7 Å². The third-order valence-corrected chi connectivity index (χ3v) is 6.77. The quantitative estimate of drug-likeness (QED) is 0.588. The van der Waals surface area contributed by atoms with Crippen LogP contribution in [0.25, 0.3) is 10.4 Å². The van der Waals surface area contributed by atoms with Gasteiger partial charge < -0.3 is 15.3 Å². The van der Waals surface area contributed by atoms with Crippen molar-refractivity contribution in [2.75, 3.05) is 6.54 Å². The van der Waals surface area contributed by atoms with E-state index in [2.05, 4.69) is 16.4 Å². The number of rotatable bonds is 6. The Balaban J connectivity index is 1.43. The molecule has 1 aliphatic rings. The van der Waals surface area contributed by atoms with E-state index in [1.54, 1.807) is 35.6 Å². The topological polar surface area (TPSA) is 106 Å². The molecule has 1 fully saturated rings. The van der Waals surface area contributed by atoms with Gasteiger partial charge in [-0.05, 0) is 29.7 Å². The number of aliphatic hydroxyl groups excluding tert-OH is 1. The largest absolute Gasteiger partial charge is 0.391 e. The first-order chi connectivity index (χ1) is 16.0. The van der Waals surface area contributed by atoms with Crippen LogP contribution in [0.4, 0.5) is 0 Å². The molecule has 3 aromatic rings. The molecule has 2 unspecified atom stereocenters. The van der Waals surface area contributed by atoms with Gasteiger partial charge in [-0.25, -0.2) is 4.98 Å². The van der Waals surface area contributed by atoms with Gasteiger partial charge in [0.15, 0.2) is 0 Å². The molecule has 8 heteroatoms. The molecule has 1 saturated heterocycles. The molecule has 0 spiro atoms. The zero-order valence-corrected chi connectivity index (χ0v) is 19.0. The van der Waals surface area contributed by atoms with Gasteiger partial charge in [-0.15, -0.1) is 11.3 Å². The maximum absolute atomic E-state index is 13.2. The molecule has 2 heterocycles. The SMILES string of the molecule is Cc1ncsc1-c1ccc(CNC(=O)C2CC(O)CN2C(=O)c2ccccc2CC#N)cc1. The summed E-state index contributed by atoms with van der Waals surface area (Å²) in [4.78, 5) is 32.9. The first kappa shape index (κ1) is 22.6. The lowest BCUT2D eigenvalue weighted by molar-refractivity contribution is -0.125. The average Bonchev–Trinajstić information content (AvgIpc) is 3.43. The summed E-state index contributed by atoms with van der Waals surface area (Å²) in [6.45, 7) is 2.38. The second-order valence-corrected chi connectivity index (χ2v) is 8.89. The highest BCUT2D eigenvalue weighted by Crippen LogP contribution is 2.27. The summed E-state index contributed by atoms with van der Waals surface area (Å²) in [5.41, 5.74) is 5.83. The summed E-state index contributed by atoms with van der Waals surface area (Å²) >= 11 is 1.59. The Morgan fingerprint density at radius 3 is 2.70 bits per heavy atom. The second-order valence-electron chi connectivity index (χ2n) is 8.04. The highest BCUT2D eigenvalue weighted by atomic mass is 32.1. The van der Waals surface area contributed by atoms with Gasteiger partial charge in [0, 0.05) is 25.1 Å². The van der Waals surface area contributed by atoms with Gasteiger partial charge in [-0.1, -0.05) is 42.5 Å². The summed E-state index contributed by atoms with van der Waals surface area (Å²) in [6, 6.07) is 16.1. The van der Waals surface area contributed by atoms with Crippen LogP contribution in [0.1, 0.15) is 33.6 Å². The fraction of sp³-hybridized carbons (Fsp3) is 0.280. The molecule has 33 heavy (non-hydrogen) atoms. The lowest BCUT2D eigenvalue weighted by Crippen LogP contribution is -2.46. The normalized spacial score (nSPS) is 17.5. The van der Waals surface area contributed by atoms with Crippen LogP contribution < -0.4 is 5.32 Å². The molecule has 1 aromatic heterocycles. The van der Waals surface area contributed by atoms with Crippen LogP contribution in [0.3, 0.4) is 0 Å². The number of nitriles is 1. The van der Waals surface area contributed by atoms with Gasteiger partial charge in [0.05, 0.1) is 34.7 Å². The van der Waals surface area contributed by atoms with Crippen LogP contribution in [0.5, 0.6) is 0 Å². The Labute approximate surface area is 196 Å². The zero-order valence-electron chi connectivity index (χ0n) is 18.2. The van der Waals surface area contributed by atoms with Crippen LogP contribution in [0.2, 0.25) is 0 Å². The first-order valence-corrected chi connectivity index (χ1v) is 11.6. The Morgan fingerprint density at radius 2 is 2.00 bits per heavy atom. The average molecular weight is 461 g/mol. The van der Waals surface area contributed by atoms with E-state index in [0.717, 1.165) is 21.7 Å². The monoisotopic (exact) mass is 460 g/mol. The predicted molar refractivity (Wildman–Crippen MR) is 125 cm³/mol. The number of likely N-dealkylation sites (tertiary alicyclic amines) is 1. The molecule has 2 aromatic carbocycles. The number of aliphatic hydroxyl groups is 1. The van der Waals surface area contributed by atoms with Gasteiger partial charge >= 0.3 is 0 Å². The summed E-state index contributed by atoms with van der Waals surface area (Å²) in [5.74, 6) is -0.651. The second kappa shape index (κ2) is 9.94. The number of amides is 2. The number of carbonyl (C=O) groups excluding carboxylic acids is 2. The van der Waals surface area contributed by atoms with E-state index in [-0.39, 0.29) is 31.2 Å². The summed E-state index contributed by atoms with van der Waals surface area (Å²) in [5, 5.41) is 22.1. The number of carbonyl (C=O) groups is 2. The van der Waals surface area contributed by atoms with E-state index in [4.69, 9.17) is 5.26 Å². The predicted octanol–water partition coefficient (Wildman–Crippen LogP) is 3.08. The van der Waals surface area contributed by atoms with Crippen LogP contribution in [-0.2, 0) is 17.8 Å². The minimum atomic E-state index is -0.769. The van der Waals surface area contributed by atoms with E-state index in [0.29, 0.717) is 17.7 Å². The van der Waals surface area contributed by atoms with Gasteiger partial charge in [0.25, 0.3) is 5.91 Å². The number of thiazole rings is 1. The number of hydrogen-bond donors (Lipinski definition) is 2. The van der Waals surface area contributed by atoms with Gasteiger partial charge in [-0.2, -0.15) is 5.26 Å². The molecular weight excluding hydrogens is 436 g/mol. The number of benzene rings is 2. The smallest absolute Gasteiger partial charge is 0.254 e. The third kappa shape index (κ3) is 4.95. The summed E-state index contributed by atoms with van der Waals surface area (Å²) < 4.78 is 0. The molecule has 0 saturated carbocycles. The molecular formula is C25H24N4O3S. The highest BCUT2D eigenvalue weighted by molar-refractivity contribution is 7.13. The first-order valence-electron chi connectivity index (χ1n) is 10.7. The molecule has 2 N–H and O–H groups in total. The van der Waals surface area contributed by atoms with Crippen LogP contribution in [0.15, 0.2) is 54.0 Å². The van der Waals surface area contributed by atoms with Gasteiger partial charge in [-0.3, -0.25) is 9.59 Å². The Morgan fingerprint density at radius 1 is 1.24 bits per heavy atom. The van der Waals surface area contributed by atoms with Crippen molar-refractivity contribution in [3.05, 3.63) is 76.4 Å². The van der Waals surface area contributed by atoms with Gasteiger partial charge in [0.1, 0.15) is 6.04 Å². The Kier molecular flexibility index (Phi) is 6.82. The lowest BCUT2D eigenvalue weighted by Gasteiger charge is -2.24. The number of aromatic nitrogens is 1. The van der Waals surface area contributed by atoms with E-state index < -0.39 is 12.1 Å². The van der Waals surface area contributed by atoms with E-state index >= 15 is 0 Å². The van der Waals surface area contributed by atoms with Crippen molar-refractivity contribution >= 4 is 23.2 Å². The number of nitrogens with one attached hydrogen (secondary N) is 1. The minimum Gasteiger partial charge on any atom is -0.391 e. The maximum Gasteiger partial charge on any atom is 0.254 e. The zero-order chi connectivity index (χ0) is 23.4. The molecule has 1 aliphatic heterocycles. The molecule has 2 amide bonds. The Bertz CT molecular complexity index is 1200. The van der Waals surface area contributed by atoms with Crippen molar-refractivity contribution < 1.29 is 14.7 Å². The molecule has 2 atom stereocenters. The molecule has 0 radical (unpaired) electrons. The fourth-order valence-corrected chi connectivity index (χ4v) is 4.88. The molecule has 4 rings (SSSR count). The van der Waals surface area contributed by atoms with Gasteiger partial charge in [0.2, 0.25) is 5.91 Å². The minimum absolute atomic E-state index is 0.0840. The van der Waals surface area contributed by atoms with Crippen molar-refractivity contribution in [3.8, 4) is 16.5 Å². The van der Waals surface area contributed by atoms with Crippen LogP contribution in [0, 0.1) is 18.3 Å². The fourth-order valence-electron chi connectivity index (χ4n) is 4.07. The number of β-amino-alcohol motifs (C(OH)–C–C–N with tert-alkyl or cyclic N) is 1. The number of hydrogen-bond acceptors (Lipinski definition) is 6. The van der Waals surface area contributed by atoms with Crippen molar-refractivity contribution in [1.82, 2.24) is 15.2 Å². The third-order valence-electron chi connectivity index (χ3n) is 5.79. The van der Waals surface area contributed by atoms with Crippen molar-refractivity contribution in [3.63, 3.8) is 0 Å². The molecule has 168 valence electrons. The van der Waals surface area contributed by atoms with Crippen molar-refractivity contribution in [2.24, 2.45) is 0 Å². The Hall–Kier alpha value is -3.54. The van der Waals surface area contributed by atoms with E-state index in [1.165, 1.54) is 4.90 Å². The maximum atomic E-state index is 13.2. The van der Waals surface area contributed by atoms with Crippen molar-refractivity contribution in [2.45, 2.75) is 38.5 Å². The summed E-state index contributed by atoms with van der Waals surface area (Å²) in [6.07, 6.45) is -0.483. The van der Waals surface area contributed by atoms with Crippen LogP contribution in [-0.4, -0.2) is 45.5 Å².